The lowest BCUT2D eigenvalue weighted by Crippen LogP contribution is -2.38. The average molecular weight is 429 g/mol. The Morgan fingerprint density at radius 1 is 1.30 bits per heavy atom. The zero-order valence-corrected chi connectivity index (χ0v) is 18.4. The van der Waals surface area contributed by atoms with E-state index in [2.05, 4.69) is 35.1 Å². The summed E-state index contributed by atoms with van der Waals surface area (Å²) < 4.78 is 6.86. The van der Waals surface area contributed by atoms with Gasteiger partial charge in [-0.25, -0.2) is 4.98 Å². The second-order valence-corrected chi connectivity index (χ2v) is 7.84. The number of aryl methyl sites for hydroxylation is 1. The number of aromatic nitrogens is 2. The molecule has 0 saturated heterocycles. The maximum atomic E-state index is 12.5. The van der Waals surface area contributed by atoms with Gasteiger partial charge in [0.1, 0.15) is 10.6 Å². The summed E-state index contributed by atoms with van der Waals surface area (Å²) in [5.74, 6) is 0.707. The summed E-state index contributed by atoms with van der Waals surface area (Å²) in [6.45, 7) is 6.76. The first-order valence-corrected chi connectivity index (χ1v) is 11.0. The number of amides is 1. The topological polar surface area (TPSA) is 76.5 Å². The number of ether oxygens (including phenoxy) is 1. The third kappa shape index (κ3) is 5.06. The quantitative estimate of drug-likeness (QED) is 0.537. The molecule has 1 unspecified atom stereocenters. The molecule has 0 bridgehead atoms. The number of benzene rings is 1. The van der Waals surface area contributed by atoms with Crippen LogP contribution < -0.4 is 15.6 Å². The van der Waals surface area contributed by atoms with Gasteiger partial charge in [0.15, 0.2) is 0 Å². The highest BCUT2D eigenvalue weighted by atomic mass is 32.1. The summed E-state index contributed by atoms with van der Waals surface area (Å²) in [7, 11) is 1.65. The van der Waals surface area contributed by atoms with E-state index in [9.17, 15) is 9.59 Å². The zero-order valence-electron chi connectivity index (χ0n) is 17.6. The van der Waals surface area contributed by atoms with Crippen molar-refractivity contribution in [3.05, 3.63) is 58.0 Å². The molecule has 3 aromatic rings. The van der Waals surface area contributed by atoms with Crippen LogP contribution in [0.1, 0.15) is 31.9 Å². The van der Waals surface area contributed by atoms with Crippen molar-refractivity contribution < 1.29 is 9.53 Å². The van der Waals surface area contributed by atoms with Crippen molar-refractivity contribution in [2.45, 2.75) is 32.9 Å². The summed E-state index contributed by atoms with van der Waals surface area (Å²) in [5, 5.41) is 5.48. The van der Waals surface area contributed by atoms with Crippen molar-refractivity contribution in [2.24, 2.45) is 0 Å². The van der Waals surface area contributed by atoms with Crippen LogP contribution in [-0.2, 0) is 11.3 Å². The lowest BCUT2D eigenvalue weighted by atomic mass is 10.0. The molecule has 8 heteroatoms. The number of carbonyl (C=O) groups is 1. The number of nitrogens with zero attached hydrogens (tertiary/aromatic N) is 3. The van der Waals surface area contributed by atoms with Gasteiger partial charge in [0.05, 0.1) is 24.9 Å². The summed E-state index contributed by atoms with van der Waals surface area (Å²) >= 11 is 1.44. The molecule has 0 spiro atoms. The Balaban J connectivity index is 1.64. The van der Waals surface area contributed by atoms with Crippen LogP contribution in [0.25, 0.3) is 10.2 Å². The predicted molar refractivity (Wildman–Crippen MR) is 120 cm³/mol. The second-order valence-electron chi connectivity index (χ2n) is 6.95. The molecule has 0 aliphatic heterocycles. The molecular formula is C22H28N4O3S. The first-order valence-electron chi connectivity index (χ1n) is 10.1. The molecule has 30 heavy (non-hydrogen) atoms. The Hall–Kier alpha value is -2.71. The fourth-order valence-corrected chi connectivity index (χ4v) is 4.27. The molecule has 0 fully saturated rings. The average Bonchev–Trinajstić information content (AvgIpc) is 3.26. The number of carbonyl (C=O) groups excluding carboxylic acids is 1. The molecule has 1 atom stereocenters. The van der Waals surface area contributed by atoms with E-state index in [-0.39, 0.29) is 23.9 Å². The number of methoxy groups -OCH3 is 1. The molecule has 2 aromatic heterocycles. The number of fused-ring (bicyclic) bond motifs is 1. The fraction of sp³-hybridized carbons (Fsp3) is 0.409. The molecule has 1 N–H and O–H groups in total. The van der Waals surface area contributed by atoms with Crippen molar-refractivity contribution in [1.82, 2.24) is 19.8 Å². The minimum absolute atomic E-state index is 0.0468. The first kappa shape index (κ1) is 22.0. The smallest absolute Gasteiger partial charge is 0.262 e. The molecule has 160 valence electrons. The standard InChI is InChI=1S/C22H28N4O3S/c1-4-25(5-2)19(16-7-6-8-17(13-16)29-3)14-23-20(27)9-11-26-15-24-21-18(22(26)28)10-12-30-21/h6-8,10,12-13,15,19H,4-5,9,11,14H2,1-3H3,(H,23,27). The largest absolute Gasteiger partial charge is 0.497 e. The van der Waals surface area contributed by atoms with Crippen LogP contribution in [0.15, 0.2) is 46.8 Å². The van der Waals surface area contributed by atoms with Gasteiger partial charge in [-0.15, -0.1) is 11.3 Å². The van der Waals surface area contributed by atoms with Gasteiger partial charge in [0.2, 0.25) is 5.91 Å². The number of rotatable bonds is 10. The number of likely N-dealkylation sites (N-methyl/N-ethyl adjacent to an activating group) is 1. The third-order valence-corrected chi connectivity index (χ3v) is 6.08. The van der Waals surface area contributed by atoms with Gasteiger partial charge in [0.25, 0.3) is 5.56 Å². The van der Waals surface area contributed by atoms with Crippen molar-refractivity contribution >= 4 is 27.5 Å². The minimum Gasteiger partial charge on any atom is -0.497 e. The number of thiophene rings is 1. The van der Waals surface area contributed by atoms with Gasteiger partial charge in [-0.05, 0) is 42.2 Å². The van der Waals surface area contributed by atoms with Gasteiger partial charge in [-0.2, -0.15) is 0 Å². The molecule has 0 aliphatic rings. The lowest BCUT2D eigenvalue weighted by Gasteiger charge is -2.30. The second kappa shape index (κ2) is 10.4. The van der Waals surface area contributed by atoms with Crippen LogP contribution >= 0.6 is 11.3 Å². The first-order chi connectivity index (χ1) is 14.6. The molecular weight excluding hydrogens is 400 g/mol. The van der Waals surface area contributed by atoms with Gasteiger partial charge < -0.3 is 10.1 Å². The lowest BCUT2D eigenvalue weighted by molar-refractivity contribution is -0.121. The van der Waals surface area contributed by atoms with Crippen molar-refractivity contribution in [2.75, 3.05) is 26.7 Å². The van der Waals surface area contributed by atoms with Gasteiger partial charge >= 0.3 is 0 Å². The summed E-state index contributed by atoms with van der Waals surface area (Å²) in [6.07, 6.45) is 1.74. The Kier molecular flexibility index (Phi) is 7.59. The van der Waals surface area contributed by atoms with Crippen LogP contribution in [0.3, 0.4) is 0 Å². The maximum absolute atomic E-state index is 12.5. The number of nitrogens with one attached hydrogen (secondary N) is 1. The predicted octanol–water partition coefficient (Wildman–Crippen LogP) is 3.06. The molecule has 2 heterocycles. The van der Waals surface area contributed by atoms with E-state index in [1.807, 2.05) is 23.6 Å². The molecule has 0 radical (unpaired) electrons. The number of hydrogen-bond donors (Lipinski definition) is 1. The van der Waals surface area contributed by atoms with E-state index in [0.717, 1.165) is 29.2 Å². The molecule has 0 saturated carbocycles. The molecule has 0 aliphatic carbocycles. The fourth-order valence-electron chi connectivity index (χ4n) is 3.54. The summed E-state index contributed by atoms with van der Waals surface area (Å²) in [4.78, 5) is 32.3. The summed E-state index contributed by atoms with van der Waals surface area (Å²) in [6, 6.07) is 9.76. The molecule has 7 nitrogen and oxygen atoms in total. The van der Waals surface area contributed by atoms with E-state index < -0.39 is 0 Å². The maximum Gasteiger partial charge on any atom is 0.262 e. The van der Waals surface area contributed by atoms with E-state index in [1.165, 1.54) is 22.2 Å². The van der Waals surface area contributed by atoms with Crippen molar-refractivity contribution in [1.29, 1.82) is 0 Å². The molecule has 1 aromatic carbocycles. The van der Waals surface area contributed by atoms with Crippen LogP contribution in [-0.4, -0.2) is 47.1 Å². The normalized spacial score (nSPS) is 12.3. The van der Waals surface area contributed by atoms with Crippen molar-refractivity contribution in [3.63, 3.8) is 0 Å². The van der Waals surface area contributed by atoms with E-state index in [0.29, 0.717) is 18.5 Å². The highest BCUT2D eigenvalue weighted by molar-refractivity contribution is 7.16. The Morgan fingerprint density at radius 3 is 2.83 bits per heavy atom. The van der Waals surface area contributed by atoms with E-state index >= 15 is 0 Å². The van der Waals surface area contributed by atoms with E-state index in [4.69, 9.17) is 4.74 Å². The SMILES string of the molecule is CCN(CC)C(CNC(=O)CCn1cnc2sccc2c1=O)c1cccc(OC)c1. The Bertz CT molecular complexity index is 1040. The highest BCUT2D eigenvalue weighted by Gasteiger charge is 2.19. The van der Waals surface area contributed by atoms with Gasteiger partial charge in [-0.1, -0.05) is 26.0 Å². The van der Waals surface area contributed by atoms with Gasteiger partial charge in [-0.3, -0.25) is 19.1 Å². The van der Waals surface area contributed by atoms with Crippen LogP contribution in [0.2, 0.25) is 0 Å². The van der Waals surface area contributed by atoms with E-state index in [1.54, 1.807) is 13.2 Å². The van der Waals surface area contributed by atoms with Crippen LogP contribution in [0, 0.1) is 0 Å². The minimum atomic E-state index is -0.105. The third-order valence-electron chi connectivity index (χ3n) is 5.25. The highest BCUT2D eigenvalue weighted by Crippen LogP contribution is 2.23. The van der Waals surface area contributed by atoms with Gasteiger partial charge in [0, 0.05) is 19.5 Å². The van der Waals surface area contributed by atoms with Crippen LogP contribution in [0.4, 0.5) is 0 Å². The van der Waals surface area contributed by atoms with Crippen LogP contribution in [0.5, 0.6) is 5.75 Å². The Labute approximate surface area is 180 Å². The Morgan fingerprint density at radius 2 is 2.10 bits per heavy atom. The van der Waals surface area contributed by atoms with Crippen molar-refractivity contribution in [3.8, 4) is 5.75 Å². The molecule has 3 rings (SSSR count). The monoisotopic (exact) mass is 428 g/mol. The zero-order chi connectivity index (χ0) is 21.5. The number of hydrogen-bond acceptors (Lipinski definition) is 6. The summed E-state index contributed by atoms with van der Waals surface area (Å²) in [5.41, 5.74) is 0.994. The molecule has 1 amide bonds.